The Morgan fingerprint density at radius 1 is 1.43 bits per heavy atom. The van der Waals surface area contributed by atoms with Gasteiger partial charge in [0.1, 0.15) is 0 Å². The van der Waals surface area contributed by atoms with Gasteiger partial charge < -0.3 is 5.73 Å². The van der Waals surface area contributed by atoms with Gasteiger partial charge in [0.15, 0.2) is 0 Å². The first-order chi connectivity index (χ1) is 6.74. The largest absolute Gasteiger partial charge is 0.330 e. The fourth-order valence-corrected chi connectivity index (χ4v) is 1.65. The number of likely N-dealkylation sites (N-methyl/N-ethyl adjacent to an activating group) is 1. The van der Waals surface area contributed by atoms with Crippen molar-refractivity contribution in [2.75, 3.05) is 26.2 Å². The highest BCUT2D eigenvalue weighted by molar-refractivity contribution is 4.72. The third-order valence-electron chi connectivity index (χ3n) is 2.67. The Morgan fingerprint density at radius 2 is 2.14 bits per heavy atom. The molecule has 0 heterocycles. The van der Waals surface area contributed by atoms with Crippen molar-refractivity contribution in [3.63, 3.8) is 0 Å². The van der Waals surface area contributed by atoms with Crippen LogP contribution >= 0.6 is 0 Å². The standard InChI is InChI=1S/C12H26N2/c1-4-10-14(5-2)11-6-7-12(3)8-9-13/h4,12H,1,5-11,13H2,2-3H3. The maximum atomic E-state index is 5.51. The Hall–Kier alpha value is -0.340. The van der Waals surface area contributed by atoms with Gasteiger partial charge in [0.25, 0.3) is 0 Å². The minimum atomic E-state index is 0.780. The lowest BCUT2D eigenvalue weighted by molar-refractivity contribution is 0.300. The first kappa shape index (κ1) is 13.7. The highest BCUT2D eigenvalue weighted by Gasteiger charge is 2.03. The summed E-state index contributed by atoms with van der Waals surface area (Å²) in [6.07, 6.45) is 5.72. The van der Waals surface area contributed by atoms with Gasteiger partial charge in [-0.3, -0.25) is 4.90 Å². The van der Waals surface area contributed by atoms with Crippen molar-refractivity contribution in [1.82, 2.24) is 4.90 Å². The van der Waals surface area contributed by atoms with Crippen molar-refractivity contribution in [3.05, 3.63) is 12.7 Å². The van der Waals surface area contributed by atoms with Crippen LogP contribution in [0.3, 0.4) is 0 Å². The molecule has 0 saturated heterocycles. The average molecular weight is 198 g/mol. The summed E-state index contributed by atoms with van der Waals surface area (Å²) >= 11 is 0. The summed E-state index contributed by atoms with van der Waals surface area (Å²) in [6, 6.07) is 0. The van der Waals surface area contributed by atoms with Gasteiger partial charge in [0.2, 0.25) is 0 Å². The van der Waals surface area contributed by atoms with Crippen LogP contribution in [0.4, 0.5) is 0 Å². The number of nitrogens with zero attached hydrogens (tertiary/aromatic N) is 1. The molecule has 0 aliphatic rings. The number of rotatable bonds is 9. The van der Waals surface area contributed by atoms with E-state index in [0.29, 0.717) is 0 Å². The fourth-order valence-electron chi connectivity index (χ4n) is 1.65. The molecule has 0 bridgehead atoms. The molecule has 0 radical (unpaired) electrons. The summed E-state index contributed by atoms with van der Waals surface area (Å²) in [5, 5.41) is 0. The lowest BCUT2D eigenvalue weighted by atomic mass is 10.0. The first-order valence-corrected chi connectivity index (χ1v) is 5.77. The second-order valence-corrected chi connectivity index (χ2v) is 4.01. The van der Waals surface area contributed by atoms with Crippen molar-refractivity contribution in [2.45, 2.75) is 33.1 Å². The fraction of sp³-hybridized carbons (Fsp3) is 0.833. The molecule has 0 spiro atoms. The Kier molecular flexibility index (Phi) is 9.00. The van der Waals surface area contributed by atoms with Gasteiger partial charge in [-0.2, -0.15) is 0 Å². The van der Waals surface area contributed by atoms with Crippen LogP contribution in [0.15, 0.2) is 12.7 Å². The SMILES string of the molecule is C=CCN(CC)CCCC(C)CCN. The van der Waals surface area contributed by atoms with Crippen molar-refractivity contribution in [2.24, 2.45) is 11.7 Å². The first-order valence-electron chi connectivity index (χ1n) is 5.77. The van der Waals surface area contributed by atoms with E-state index in [1.54, 1.807) is 0 Å². The van der Waals surface area contributed by atoms with Crippen LogP contribution in [-0.2, 0) is 0 Å². The Labute approximate surface area is 89.2 Å². The van der Waals surface area contributed by atoms with Gasteiger partial charge in [-0.15, -0.1) is 6.58 Å². The molecule has 84 valence electrons. The van der Waals surface area contributed by atoms with E-state index in [1.165, 1.54) is 19.4 Å². The van der Waals surface area contributed by atoms with E-state index in [0.717, 1.165) is 32.0 Å². The molecule has 0 rings (SSSR count). The zero-order valence-corrected chi connectivity index (χ0v) is 9.84. The van der Waals surface area contributed by atoms with Crippen LogP contribution in [0.2, 0.25) is 0 Å². The average Bonchev–Trinajstić information content (AvgIpc) is 2.17. The molecule has 0 amide bonds. The van der Waals surface area contributed by atoms with Gasteiger partial charge in [0.05, 0.1) is 0 Å². The zero-order valence-electron chi connectivity index (χ0n) is 9.84. The number of hydrogen-bond acceptors (Lipinski definition) is 2. The van der Waals surface area contributed by atoms with Gasteiger partial charge in [-0.25, -0.2) is 0 Å². The molecule has 2 nitrogen and oxygen atoms in total. The summed E-state index contributed by atoms with van der Waals surface area (Å²) in [7, 11) is 0. The van der Waals surface area contributed by atoms with Crippen LogP contribution < -0.4 is 5.73 Å². The normalized spacial score (nSPS) is 13.1. The highest BCUT2D eigenvalue weighted by Crippen LogP contribution is 2.09. The van der Waals surface area contributed by atoms with Crippen molar-refractivity contribution < 1.29 is 0 Å². The molecule has 0 aliphatic heterocycles. The van der Waals surface area contributed by atoms with Gasteiger partial charge >= 0.3 is 0 Å². The topological polar surface area (TPSA) is 29.3 Å². The van der Waals surface area contributed by atoms with E-state index >= 15 is 0 Å². The van der Waals surface area contributed by atoms with E-state index in [9.17, 15) is 0 Å². The Balaban J connectivity index is 3.44. The lowest BCUT2D eigenvalue weighted by Gasteiger charge is -2.19. The van der Waals surface area contributed by atoms with Crippen LogP contribution in [0, 0.1) is 5.92 Å². The van der Waals surface area contributed by atoms with Gasteiger partial charge in [0, 0.05) is 6.54 Å². The van der Waals surface area contributed by atoms with E-state index < -0.39 is 0 Å². The maximum Gasteiger partial charge on any atom is 0.0160 e. The summed E-state index contributed by atoms with van der Waals surface area (Å²) in [6.45, 7) is 12.4. The molecule has 1 atom stereocenters. The second-order valence-electron chi connectivity index (χ2n) is 4.01. The highest BCUT2D eigenvalue weighted by atomic mass is 15.1. The Morgan fingerprint density at radius 3 is 2.64 bits per heavy atom. The van der Waals surface area contributed by atoms with Crippen LogP contribution in [0.5, 0.6) is 0 Å². The molecule has 0 saturated carbocycles. The third kappa shape index (κ3) is 7.10. The predicted octanol–water partition coefficient (Wildman–Crippen LogP) is 2.26. The van der Waals surface area contributed by atoms with E-state index in [4.69, 9.17) is 5.73 Å². The molecule has 0 aliphatic carbocycles. The third-order valence-corrected chi connectivity index (χ3v) is 2.67. The molecule has 0 aromatic carbocycles. The molecule has 2 heteroatoms. The maximum absolute atomic E-state index is 5.51. The summed E-state index contributed by atoms with van der Waals surface area (Å²) in [5.74, 6) is 0.780. The van der Waals surface area contributed by atoms with Crippen molar-refractivity contribution >= 4 is 0 Å². The summed E-state index contributed by atoms with van der Waals surface area (Å²) in [5.41, 5.74) is 5.51. The lowest BCUT2D eigenvalue weighted by Crippen LogP contribution is -2.24. The van der Waals surface area contributed by atoms with Crippen molar-refractivity contribution in [1.29, 1.82) is 0 Å². The second kappa shape index (κ2) is 9.22. The van der Waals surface area contributed by atoms with Crippen LogP contribution in [-0.4, -0.2) is 31.1 Å². The molecule has 0 aromatic heterocycles. The van der Waals surface area contributed by atoms with E-state index in [2.05, 4.69) is 25.3 Å². The molecular weight excluding hydrogens is 172 g/mol. The van der Waals surface area contributed by atoms with Gasteiger partial charge in [-0.1, -0.05) is 19.9 Å². The Bertz CT molecular complexity index is 134. The molecule has 14 heavy (non-hydrogen) atoms. The molecular formula is C12H26N2. The zero-order chi connectivity index (χ0) is 10.8. The summed E-state index contributed by atoms with van der Waals surface area (Å²) in [4.78, 5) is 2.42. The monoisotopic (exact) mass is 198 g/mol. The minimum absolute atomic E-state index is 0.780. The van der Waals surface area contributed by atoms with Crippen LogP contribution in [0.1, 0.15) is 33.1 Å². The molecule has 2 N–H and O–H groups in total. The molecule has 0 aromatic rings. The van der Waals surface area contributed by atoms with Crippen molar-refractivity contribution in [3.8, 4) is 0 Å². The van der Waals surface area contributed by atoms with Gasteiger partial charge in [-0.05, 0) is 44.8 Å². The molecule has 1 unspecified atom stereocenters. The molecule has 0 fully saturated rings. The van der Waals surface area contributed by atoms with E-state index in [1.807, 2.05) is 6.08 Å². The van der Waals surface area contributed by atoms with Crippen LogP contribution in [0.25, 0.3) is 0 Å². The number of hydrogen-bond donors (Lipinski definition) is 1. The summed E-state index contributed by atoms with van der Waals surface area (Å²) < 4.78 is 0. The minimum Gasteiger partial charge on any atom is -0.330 e. The quantitative estimate of drug-likeness (QED) is 0.576. The van der Waals surface area contributed by atoms with E-state index in [-0.39, 0.29) is 0 Å². The number of nitrogens with two attached hydrogens (primary N) is 1. The smallest absolute Gasteiger partial charge is 0.0160 e. The predicted molar refractivity (Wildman–Crippen MR) is 64.4 cm³/mol.